The predicted molar refractivity (Wildman–Crippen MR) is 75.3 cm³/mol. The maximum atomic E-state index is 4.78. The van der Waals surface area contributed by atoms with E-state index in [1.165, 1.54) is 24.4 Å². The van der Waals surface area contributed by atoms with Crippen molar-refractivity contribution in [2.75, 3.05) is 5.75 Å². The van der Waals surface area contributed by atoms with Crippen LogP contribution in [-0.2, 0) is 0 Å². The first-order valence-electron chi connectivity index (χ1n) is 6.55. The average Bonchev–Trinajstić information content (AvgIpc) is 2.74. The van der Waals surface area contributed by atoms with E-state index < -0.39 is 0 Å². The number of rotatable bonds is 5. The summed E-state index contributed by atoms with van der Waals surface area (Å²) in [5.41, 5.74) is 0.262. The number of nitrogens with zero attached hydrogens (tertiary/aromatic N) is 1. The molecule has 0 amide bonds. The second-order valence-electron chi connectivity index (χ2n) is 5.02. The van der Waals surface area contributed by atoms with Gasteiger partial charge in [0.25, 0.3) is 0 Å². The van der Waals surface area contributed by atoms with Gasteiger partial charge in [0.15, 0.2) is 5.17 Å². The molecule has 0 unspecified atom stereocenters. The predicted octanol–water partition coefficient (Wildman–Crippen LogP) is 3.67. The molecule has 1 N–H and O–H groups in total. The van der Waals surface area contributed by atoms with Crippen molar-refractivity contribution in [3.8, 4) is 0 Å². The second kappa shape index (κ2) is 5.95. The van der Waals surface area contributed by atoms with Gasteiger partial charge in [-0.05, 0) is 25.2 Å². The third-order valence-electron chi connectivity index (χ3n) is 3.85. The van der Waals surface area contributed by atoms with Crippen LogP contribution in [0.1, 0.15) is 53.9 Å². The Bertz CT molecular complexity index is 236. The van der Waals surface area contributed by atoms with Crippen LogP contribution in [0.2, 0.25) is 0 Å². The van der Waals surface area contributed by atoms with Gasteiger partial charge in [-0.25, -0.2) is 0 Å². The standard InChI is InChI=1S/C13H26N2S/c1-6-13(7-2,8-3)15-12-14-11(9-16-12)10(4)5/h10-11H,6-9H2,1-5H3,(H,14,15)/t11-/m1/s1. The zero-order chi connectivity index (χ0) is 12.2. The lowest BCUT2D eigenvalue weighted by Gasteiger charge is -2.32. The van der Waals surface area contributed by atoms with Crippen molar-refractivity contribution in [2.45, 2.75) is 65.5 Å². The molecule has 0 aromatic rings. The molecule has 94 valence electrons. The number of aliphatic imine (C=N–C) groups is 1. The average molecular weight is 242 g/mol. The molecule has 0 saturated carbocycles. The molecule has 3 heteroatoms. The highest BCUT2D eigenvalue weighted by molar-refractivity contribution is 8.14. The zero-order valence-electron chi connectivity index (χ0n) is 11.3. The van der Waals surface area contributed by atoms with E-state index in [4.69, 9.17) is 4.99 Å². The summed E-state index contributed by atoms with van der Waals surface area (Å²) in [7, 11) is 0. The monoisotopic (exact) mass is 242 g/mol. The van der Waals surface area contributed by atoms with E-state index in [2.05, 4.69) is 39.9 Å². The number of amidine groups is 1. The van der Waals surface area contributed by atoms with Crippen molar-refractivity contribution >= 4 is 16.9 Å². The summed E-state index contributed by atoms with van der Waals surface area (Å²) < 4.78 is 0. The van der Waals surface area contributed by atoms with Crippen LogP contribution < -0.4 is 5.32 Å². The van der Waals surface area contributed by atoms with Crippen LogP contribution in [0.15, 0.2) is 4.99 Å². The fraction of sp³-hybridized carbons (Fsp3) is 0.923. The third-order valence-corrected chi connectivity index (χ3v) is 4.83. The number of hydrogen-bond acceptors (Lipinski definition) is 3. The molecule has 0 aromatic heterocycles. The van der Waals surface area contributed by atoms with E-state index in [0.29, 0.717) is 12.0 Å². The lowest BCUT2D eigenvalue weighted by atomic mass is 9.90. The van der Waals surface area contributed by atoms with Gasteiger partial charge in [-0.2, -0.15) is 0 Å². The summed E-state index contributed by atoms with van der Waals surface area (Å²) in [5, 5.41) is 4.85. The SMILES string of the molecule is CCC(CC)(CC)NC1=N[C@@H](C(C)C)CS1. The van der Waals surface area contributed by atoms with E-state index in [9.17, 15) is 0 Å². The van der Waals surface area contributed by atoms with Crippen molar-refractivity contribution in [1.29, 1.82) is 0 Å². The fourth-order valence-corrected chi connectivity index (χ4v) is 3.33. The molecular weight excluding hydrogens is 216 g/mol. The second-order valence-corrected chi connectivity index (χ2v) is 6.03. The van der Waals surface area contributed by atoms with Crippen molar-refractivity contribution in [2.24, 2.45) is 10.9 Å². The van der Waals surface area contributed by atoms with Gasteiger partial charge in [-0.3, -0.25) is 4.99 Å². The van der Waals surface area contributed by atoms with Gasteiger partial charge >= 0.3 is 0 Å². The highest BCUT2D eigenvalue weighted by atomic mass is 32.2. The Balaban J connectivity index is 2.63. The van der Waals surface area contributed by atoms with Gasteiger partial charge in [-0.1, -0.05) is 46.4 Å². The van der Waals surface area contributed by atoms with Crippen molar-refractivity contribution in [1.82, 2.24) is 5.32 Å². The first-order chi connectivity index (χ1) is 7.56. The molecule has 1 rings (SSSR count). The van der Waals surface area contributed by atoms with Crippen LogP contribution in [0.5, 0.6) is 0 Å². The van der Waals surface area contributed by atoms with Crippen LogP contribution in [-0.4, -0.2) is 22.5 Å². The van der Waals surface area contributed by atoms with Crippen molar-refractivity contribution in [3.05, 3.63) is 0 Å². The summed E-state index contributed by atoms with van der Waals surface area (Å²) in [5.74, 6) is 1.80. The molecule has 0 bridgehead atoms. The minimum atomic E-state index is 0.262. The van der Waals surface area contributed by atoms with Crippen LogP contribution in [0, 0.1) is 5.92 Å². The van der Waals surface area contributed by atoms with E-state index in [-0.39, 0.29) is 5.54 Å². The maximum absolute atomic E-state index is 4.78. The van der Waals surface area contributed by atoms with Crippen LogP contribution in [0.3, 0.4) is 0 Å². The molecule has 0 spiro atoms. The molecule has 1 aliphatic heterocycles. The highest BCUT2D eigenvalue weighted by Crippen LogP contribution is 2.26. The molecule has 0 fully saturated rings. The lowest BCUT2D eigenvalue weighted by molar-refractivity contribution is 0.341. The quantitative estimate of drug-likeness (QED) is 0.795. The van der Waals surface area contributed by atoms with Gasteiger partial charge in [0.2, 0.25) is 0 Å². The third kappa shape index (κ3) is 3.16. The molecule has 1 atom stereocenters. The topological polar surface area (TPSA) is 24.4 Å². The maximum Gasteiger partial charge on any atom is 0.157 e. The Morgan fingerprint density at radius 2 is 1.88 bits per heavy atom. The minimum Gasteiger partial charge on any atom is -0.360 e. The van der Waals surface area contributed by atoms with E-state index >= 15 is 0 Å². The summed E-state index contributed by atoms with van der Waals surface area (Å²) in [6, 6.07) is 0.510. The summed E-state index contributed by atoms with van der Waals surface area (Å²) in [4.78, 5) is 4.78. The number of hydrogen-bond donors (Lipinski definition) is 1. The molecule has 0 saturated heterocycles. The van der Waals surface area contributed by atoms with Gasteiger partial charge < -0.3 is 5.32 Å². The molecule has 0 aliphatic carbocycles. The van der Waals surface area contributed by atoms with E-state index in [0.717, 1.165) is 5.75 Å². The summed E-state index contributed by atoms with van der Waals surface area (Å²) >= 11 is 1.89. The Morgan fingerprint density at radius 3 is 2.25 bits per heavy atom. The Hall–Kier alpha value is -0.180. The van der Waals surface area contributed by atoms with Gasteiger partial charge in [0, 0.05) is 11.3 Å². The molecule has 2 nitrogen and oxygen atoms in total. The molecular formula is C13H26N2S. The highest BCUT2D eigenvalue weighted by Gasteiger charge is 2.28. The lowest BCUT2D eigenvalue weighted by Crippen LogP contribution is -2.45. The van der Waals surface area contributed by atoms with Gasteiger partial charge in [0.1, 0.15) is 0 Å². The molecule has 16 heavy (non-hydrogen) atoms. The summed E-state index contributed by atoms with van der Waals surface area (Å²) in [6.07, 6.45) is 3.52. The number of thioether (sulfide) groups is 1. The normalized spacial score (nSPS) is 21.4. The van der Waals surface area contributed by atoms with Gasteiger partial charge in [-0.15, -0.1) is 0 Å². The van der Waals surface area contributed by atoms with E-state index in [1.54, 1.807) is 0 Å². The zero-order valence-corrected chi connectivity index (χ0v) is 12.2. The van der Waals surface area contributed by atoms with Crippen LogP contribution >= 0.6 is 11.8 Å². The molecule has 0 aromatic carbocycles. The van der Waals surface area contributed by atoms with Crippen molar-refractivity contribution in [3.63, 3.8) is 0 Å². The molecule has 1 heterocycles. The summed E-state index contributed by atoms with van der Waals surface area (Å²) in [6.45, 7) is 11.3. The van der Waals surface area contributed by atoms with Crippen molar-refractivity contribution < 1.29 is 0 Å². The minimum absolute atomic E-state index is 0.262. The smallest absolute Gasteiger partial charge is 0.157 e. The largest absolute Gasteiger partial charge is 0.360 e. The Labute approximate surface area is 105 Å². The van der Waals surface area contributed by atoms with Crippen LogP contribution in [0.25, 0.3) is 0 Å². The Morgan fingerprint density at radius 1 is 1.31 bits per heavy atom. The first-order valence-corrected chi connectivity index (χ1v) is 7.54. The fourth-order valence-electron chi connectivity index (χ4n) is 2.04. The first kappa shape index (κ1) is 13.9. The Kier molecular flexibility index (Phi) is 5.16. The van der Waals surface area contributed by atoms with E-state index in [1.807, 2.05) is 11.8 Å². The number of nitrogens with one attached hydrogen (secondary N) is 1. The molecule has 0 radical (unpaired) electrons. The van der Waals surface area contributed by atoms with Gasteiger partial charge in [0.05, 0.1) is 6.04 Å². The molecule has 1 aliphatic rings. The van der Waals surface area contributed by atoms with Crippen LogP contribution in [0.4, 0.5) is 0 Å².